The number of esters is 2. The lowest BCUT2D eigenvalue weighted by Crippen LogP contribution is -2.45. The molecule has 25 heavy (non-hydrogen) atoms. The van der Waals surface area contributed by atoms with Crippen molar-refractivity contribution in [2.24, 2.45) is 0 Å². The lowest BCUT2D eigenvalue weighted by molar-refractivity contribution is -0.158. The first-order valence-electron chi connectivity index (χ1n) is 7.68. The molecule has 0 saturated heterocycles. The van der Waals surface area contributed by atoms with Crippen molar-refractivity contribution in [3.63, 3.8) is 0 Å². The summed E-state index contributed by atoms with van der Waals surface area (Å²) < 4.78 is 14.5. The van der Waals surface area contributed by atoms with E-state index in [0.29, 0.717) is 0 Å². The maximum absolute atomic E-state index is 11.9. The van der Waals surface area contributed by atoms with Gasteiger partial charge in [-0.05, 0) is 26.3 Å². The van der Waals surface area contributed by atoms with Gasteiger partial charge in [-0.15, -0.1) is 0 Å². The van der Waals surface area contributed by atoms with Crippen molar-refractivity contribution in [1.29, 1.82) is 0 Å². The molecule has 0 aliphatic heterocycles. The molecule has 1 atom stereocenters. The van der Waals surface area contributed by atoms with Crippen LogP contribution < -0.4 is 5.32 Å². The van der Waals surface area contributed by atoms with Crippen LogP contribution in [-0.4, -0.2) is 41.6 Å². The van der Waals surface area contributed by atoms with Gasteiger partial charge in [0.1, 0.15) is 18.2 Å². The molecule has 1 amide bonds. The van der Waals surface area contributed by atoms with Gasteiger partial charge in [0.2, 0.25) is 0 Å². The summed E-state index contributed by atoms with van der Waals surface area (Å²) in [5.41, 5.74) is 0.00834. The molecule has 0 aromatic heterocycles. The molecule has 138 valence electrons. The fourth-order valence-electron chi connectivity index (χ4n) is 1.77. The molecular formula is C17H23NO7. The van der Waals surface area contributed by atoms with Gasteiger partial charge < -0.3 is 24.6 Å². The normalized spacial score (nSPS) is 12.0. The summed E-state index contributed by atoms with van der Waals surface area (Å²) in [6.07, 6.45) is -1.34. The number of aliphatic hydroxyl groups excluding tert-OH is 1. The van der Waals surface area contributed by atoms with E-state index in [4.69, 9.17) is 14.6 Å². The van der Waals surface area contributed by atoms with Crippen molar-refractivity contribution >= 4 is 18.0 Å². The summed E-state index contributed by atoms with van der Waals surface area (Å²) in [5, 5.41) is 10.9. The number of rotatable bonds is 7. The van der Waals surface area contributed by atoms with Crippen LogP contribution in [0.4, 0.5) is 4.79 Å². The van der Waals surface area contributed by atoms with Gasteiger partial charge in [0.15, 0.2) is 6.79 Å². The summed E-state index contributed by atoms with van der Waals surface area (Å²) in [4.78, 5) is 35.5. The fourth-order valence-corrected chi connectivity index (χ4v) is 1.77. The number of carbonyl (C=O) groups is 3. The number of ether oxygens (including phenoxy) is 3. The molecule has 1 unspecified atom stereocenters. The number of hydrogen-bond acceptors (Lipinski definition) is 7. The molecule has 1 rings (SSSR count). The van der Waals surface area contributed by atoms with Crippen LogP contribution in [-0.2, 0) is 30.4 Å². The average Bonchev–Trinajstić information content (AvgIpc) is 2.51. The summed E-state index contributed by atoms with van der Waals surface area (Å²) in [6, 6.07) is 7.67. The summed E-state index contributed by atoms with van der Waals surface area (Å²) in [7, 11) is 0. The minimum Gasteiger partial charge on any atom is -0.461 e. The predicted molar refractivity (Wildman–Crippen MR) is 87.2 cm³/mol. The molecule has 8 nitrogen and oxygen atoms in total. The van der Waals surface area contributed by atoms with Crippen LogP contribution in [0.2, 0.25) is 0 Å². The highest BCUT2D eigenvalue weighted by Crippen LogP contribution is 2.09. The Hall–Kier alpha value is -2.61. The SMILES string of the molecule is CC(C)(C)OC(=O)NC(CC(=O)OCc1ccccc1)C(=O)OCO. The van der Waals surface area contributed by atoms with Crippen molar-refractivity contribution in [1.82, 2.24) is 5.32 Å². The van der Waals surface area contributed by atoms with Crippen LogP contribution in [0.3, 0.4) is 0 Å². The van der Waals surface area contributed by atoms with Gasteiger partial charge in [-0.1, -0.05) is 30.3 Å². The number of alkyl carbamates (subject to hydrolysis) is 1. The Morgan fingerprint density at radius 1 is 1.12 bits per heavy atom. The third-order valence-corrected chi connectivity index (χ3v) is 2.80. The Balaban J connectivity index is 2.61. The van der Waals surface area contributed by atoms with E-state index in [1.54, 1.807) is 45.0 Å². The topological polar surface area (TPSA) is 111 Å². The maximum atomic E-state index is 11.9. The Labute approximate surface area is 146 Å². The number of carbonyl (C=O) groups excluding carboxylic acids is 3. The molecule has 0 fully saturated rings. The smallest absolute Gasteiger partial charge is 0.408 e. The van der Waals surface area contributed by atoms with Crippen molar-refractivity contribution in [3.05, 3.63) is 35.9 Å². The highest BCUT2D eigenvalue weighted by Gasteiger charge is 2.28. The molecular weight excluding hydrogens is 330 g/mol. The molecule has 0 bridgehead atoms. The van der Waals surface area contributed by atoms with Crippen molar-refractivity contribution in [3.8, 4) is 0 Å². The third-order valence-electron chi connectivity index (χ3n) is 2.80. The average molecular weight is 353 g/mol. The second-order valence-electron chi connectivity index (χ2n) is 6.14. The van der Waals surface area contributed by atoms with E-state index in [9.17, 15) is 14.4 Å². The van der Waals surface area contributed by atoms with E-state index in [-0.39, 0.29) is 6.61 Å². The summed E-state index contributed by atoms with van der Waals surface area (Å²) in [5.74, 6) is -1.68. The molecule has 2 N–H and O–H groups in total. The largest absolute Gasteiger partial charge is 0.461 e. The number of hydrogen-bond donors (Lipinski definition) is 2. The van der Waals surface area contributed by atoms with E-state index < -0.39 is 42.9 Å². The standard InChI is InChI=1S/C17H23NO7/c1-17(2,3)25-16(22)18-13(15(21)24-11-19)9-14(20)23-10-12-7-5-4-6-8-12/h4-8,13,19H,9-11H2,1-3H3,(H,18,22). The Morgan fingerprint density at radius 3 is 2.32 bits per heavy atom. The Kier molecular flexibility index (Phi) is 7.87. The van der Waals surface area contributed by atoms with Crippen LogP contribution in [0.5, 0.6) is 0 Å². The lowest BCUT2D eigenvalue weighted by Gasteiger charge is -2.22. The van der Waals surface area contributed by atoms with Crippen LogP contribution in [0, 0.1) is 0 Å². The first kappa shape index (κ1) is 20.4. The minimum absolute atomic E-state index is 0.0356. The molecule has 1 aromatic carbocycles. The zero-order valence-corrected chi connectivity index (χ0v) is 14.5. The highest BCUT2D eigenvalue weighted by molar-refractivity contribution is 5.86. The van der Waals surface area contributed by atoms with Gasteiger partial charge in [0.25, 0.3) is 0 Å². The van der Waals surface area contributed by atoms with Crippen molar-refractivity contribution in [2.75, 3.05) is 6.79 Å². The minimum atomic E-state index is -1.33. The molecule has 1 aromatic rings. The van der Waals surface area contributed by atoms with E-state index in [1.165, 1.54) is 0 Å². The number of nitrogens with one attached hydrogen (secondary N) is 1. The Bertz CT molecular complexity index is 580. The van der Waals surface area contributed by atoms with Gasteiger partial charge in [-0.25, -0.2) is 9.59 Å². The van der Waals surface area contributed by atoms with Gasteiger partial charge in [-0.2, -0.15) is 0 Å². The van der Waals surface area contributed by atoms with Crippen LogP contribution in [0.1, 0.15) is 32.8 Å². The second kappa shape index (κ2) is 9.63. The first-order chi connectivity index (χ1) is 11.7. The van der Waals surface area contributed by atoms with E-state index >= 15 is 0 Å². The van der Waals surface area contributed by atoms with Crippen LogP contribution in [0.15, 0.2) is 30.3 Å². The van der Waals surface area contributed by atoms with E-state index in [1.807, 2.05) is 6.07 Å². The lowest BCUT2D eigenvalue weighted by atomic mass is 10.2. The number of amides is 1. The predicted octanol–water partition coefficient (Wildman–Crippen LogP) is 1.51. The zero-order chi connectivity index (χ0) is 18.9. The molecule has 0 saturated carbocycles. The Morgan fingerprint density at radius 2 is 1.76 bits per heavy atom. The van der Waals surface area contributed by atoms with Gasteiger partial charge in [0, 0.05) is 0 Å². The fraction of sp³-hybridized carbons (Fsp3) is 0.471. The molecule has 0 radical (unpaired) electrons. The van der Waals surface area contributed by atoms with E-state index in [0.717, 1.165) is 5.56 Å². The quantitative estimate of drug-likeness (QED) is 0.434. The van der Waals surface area contributed by atoms with Gasteiger partial charge >= 0.3 is 18.0 Å². The van der Waals surface area contributed by atoms with Crippen LogP contribution in [0.25, 0.3) is 0 Å². The molecule has 0 aliphatic carbocycles. The van der Waals surface area contributed by atoms with Crippen LogP contribution >= 0.6 is 0 Å². The maximum Gasteiger partial charge on any atom is 0.408 e. The molecule has 8 heteroatoms. The zero-order valence-electron chi connectivity index (χ0n) is 14.5. The number of aliphatic hydroxyl groups is 1. The van der Waals surface area contributed by atoms with E-state index in [2.05, 4.69) is 10.1 Å². The van der Waals surface area contributed by atoms with Gasteiger partial charge in [-0.3, -0.25) is 4.79 Å². The third kappa shape index (κ3) is 8.71. The second-order valence-corrected chi connectivity index (χ2v) is 6.14. The summed E-state index contributed by atoms with van der Waals surface area (Å²) >= 11 is 0. The first-order valence-corrected chi connectivity index (χ1v) is 7.68. The highest BCUT2D eigenvalue weighted by atomic mass is 16.6. The summed E-state index contributed by atoms with van der Waals surface area (Å²) in [6.45, 7) is 4.13. The van der Waals surface area contributed by atoms with Crippen molar-refractivity contribution < 1.29 is 33.7 Å². The monoisotopic (exact) mass is 353 g/mol. The molecule has 0 spiro atoms. The van der Waals surface area contributed by atoms with Crippen molar-refractivity contribution in [2.45, 2.75) is 45.4 Å². The molecule has 0 heterocycles. The number of benzene rings is 1. The molecule has 0 aliphatic rings. The van der Waals surface area contributed by atoms with Gasteiger partial charge in [0.05, 0.1) is 6.42 Å².